The van der Waals surface area contributed by atoms with Gasteiger partial charge >= 0.3 is 11.9 Å². The molecule has 8 nitrogen and oxygen atoms in total. The predicted molar refractivity (Wildman–Crippen MR) is 83.0 cm³/mol. The minimum absolute atomic E-state index is 0.141. The molecule has 0 aliphatic rings. The van der Waals surface area contributed by atoms with Gasteiger partial charge in [-0.05, 0) is 18.2 Å². The number of esters is 2. The van der Waals surface area contributed by atoms with Crippen molar-refractivity contribution >= 4 is 29.2 Å². The summed E-state index contributed by atoms with van der Waals surface area (Å²) in [6.07, 6.45) is 0.955. The van der Waals surface area contributed by atoms with E-state index in [1.807, 2.05) is 0 Å². The number of carbonyl (C=O) groups excluding carboxylic acids is 3. The molecule has 8 heteroatoms. The molecule has 1 rings (SSSR count). The van der Waals surface area contributed by atoms with E-state index in [-0.39, 0.29) is 11.6 Å². The molecule has 0 heterocycles. The van der Waals surface area contributed by atoms with Gasteiger partial charge in [-0.3, -0.25) is 4.79 Å². The Morgan fingerprint density at radius 3 is 2.26 bits per heavy atom. The molecule has 0 unspecified atom stereocenters. The number of ether oxygens (including phenoxy) is 3. The molecule has 0 saturated carbocycles. The van der Waals surface area contributed by atoms with Crippen molar-refractivity contribution in [1.29, 1.82) is 0 Å². The average molecular weight is 322 g/mol. The molecule has 1 aromatic carbocycles. The maximum Gasteiger partial charge on any atom is 0.354 e. The number of rotatable bonds is 6. The zero-order chi connectivity index (χ0) is 17.4. The van der Waals surface area contributed by atoms with Crippen LogP contribution < -0.4 is 15.4 Å². The van der Waals surface area contributed by atoms with Crippen molar-refractivity contribution in [2.75, 3.05) is 32.0 Å². The first kappa shape index (κ1) is 18.0. The number of benzene rings is 1. The van der Waals surface area contributed by atoms with Gasteiger partial charge in [0, 0.05) is 12.6 Å². The molecule has 0 fully saturated rings. The standard InChI is InChI=1S/C15H18N2O6/c1-9(18)16-10-5-6-13(21-2)11(7-10)17-12(15(20)23-4)8-14(19)22-3/h5-8,17H,1-4H3,(H,16,18)/b12-8+. The lowest BCUT2D eigenvalue weighted by atomic mass is 10.2. The second-order valence-electron chi connectivity index (χ2n) is 4.29. The van der Waals surface area contributed by atoms with Crippen LogP contribution in [0.4, 0.5) is 11.4 Å². The third kappa shape index (κ3) is 5.34. The highest BCUT2D eigenvalue weighted by atomic mass is 16.5. The molecule has 0 aromatic heterocycles. The summed E-state index contributed by atoms with van der Waals surface area (Å²) in [6, 6.07) is 4.78. The van der Waals surface area contributed by atoms with E-state index in [9.17, 15) is 14.4 Å². The molecule has 0 saturated heterocycles. The van der Waals surface area contributed by atoms with E-state index in [0.29, 0.717) is 17.1 Å². The Bertz CT molecular complexity index is 639. The zero-order valence-corrected chi connectivity index (χ0v) is 13.3. The van der Waals surface area contributed by atoms with E-state index in [0.717, 1.165) is 6.08 Å². The Morgan fingerprint density at radius 1 is 1.04 bits per heavy atom. The largest absolute Gasteiger partial charge is 0.495 e. The SMILES string of the molecule is COC(=O)/C=C(/Nc1cc(NC(C)=O)ccc1OC)C(=O)OC. The molecule has 1 amide bonds. The number of nitrogens with one attached hydrogen (secondary N) is 2. The van der Waals surface area contributed by atoms with Gasteiger partial charge in [0.1, 0.15) is 11.4 Å². The van der Waals surface area contributed by atoms with Gasteiger partial charge in [-0.2, -0.15) is 0 Å². The molecule has 0 aliphatic heterocycles. The summed E-state index contributed by atoms with van der Waals surface area (Å²) >= 11 is 0. The topological polar surface area (TPSA) is 103 Å². The monoisotopic (exact) mass is 322 g/mol. The maximum absolute atomic E-state index is 11.8. The fraction of sp³-hybridized carbons (Fsp3) is 0.267. The molecular formula is C15H18N2O6. The van der Waals surface area contributed by atoms with Gasteiger partial charge < -0.3 is 24.8 Å². The number of hydrogen-bond donors (Lipinski definition) is 2. The first-order valence-corrected chi connectivity index (χ1v) is 6.51. The summed E-state index contributed by atoms with van der Waals surface area (Å²) in [5.41, 5.74) is 0.708. The van der Waals surface area contributed by atoms with Crippen molar-refractivity contribution in [3.05, 3.63) is 30.0 Å². The molecule has 124 valence electrons. The highest BCUT2D eigenvalue weighted by Crippen LogP contribution is 2.29. The third-order valence-electron chi connectivity index (χ3n) is 2.66. The van der Waals surface area contributed by atoms with Crippen molar-refractivity contribution in [2.45, 2.75) is 6.92 Å². The summed E-state index contributed by atoms with van der Waals surface area (Å²) in [5, 5.41) is 5.34. The van der Waals surface area contributed by atoms with Crippen LogP contribution in [0.5, 0.6) is 5.75 Å². The first-order chi connectivity index (χ1) is 10.9. The van der Waals surface area contributed by atoms with E-state index in [1.165, 1.54) is 28.3 Å². The Kier molecular flexibility index (Phi) is 6.60. The van der Waals surface area contributed by atoms with Crippen LogP contribution in [-0.2, 0) is 23.9 Å². The molecular weight excluding hydrogens is 304 g/mol. The summed E-state index contributed by atoms with van der Waals surface area (Å²) < 4.78 is 14.3. The first-order valence-electron chi connectivity index (χ1n) is 6.51. The highest BCUT2D eigenvalue weighted by Gasteiger charge is 2.15. The molecule has 23 heavy (non-hydrogen) atoms. The van der Waals surface area contributed by atoms with Crippen LogP contribution >= 0.6 is 0 Å². The van der Waals surface area contributed by atoms with Crippen LogP contribution in [0.15, 0.2) is 30.0 Å². The Morgan fingerprint density at radius 2 is 1.74 bits per heavy atom. The minimum atomic E-state index is -0.762. The predicted octanol–water partition coefficient (Wildman–Crippen LogP) is 1.30. The van der Waals surface area contributed by atoms with Crippen molar-refractivity contribution in [3.8, 4) is 5.75 Å². The number of anilines is 2. The fourth-order valence-electron chi connectivity index (χ4n) is 1.66. The fourth-order valence-corrected chi connectivity index (χ4v) is 1.66. The normalized spacial score (nSPS) is 10.5. The van der Waals surface area contributed by atoms with E-state index in [2.05, 4.69) is 20.1 Å². The molecule has 0 spiro atoms. The van der Waals surface area contributed by atoms with Gasteiger partial charge in [-0.1, -0.05) is 0 Å². The van der Waals surface area contributed by atoms with E-state index >= 15 is 0 Å². The van der Waals surface area contributed by atoms with Crippen LogP contribution in [0.1, 0.15) is 6.92 Å². The summed E-state index contributed by atoms with van der Waals surface area (Å²) in [7, 11) is 3.81. The van der Waals surface area contributed by atoms with Crippen LogP contribution in [-0.4, -0.2) is 39.2 Å². The molecule has 0 radical (unpaired) electrons. The third-order valence-corrected chi connectivity index (χ3v) is 2.66. The van der Waals surface area contributed by atoms with Gasteiger partial charge in [-0.15, -0.1) is 0 Å². The molecule has 0 bridgehead atoms. The van der Waals surface area contributed by atoms with E-state index < -0.39 is 11.9 Å². The van der Waals surface area contributed by atoms with E-state index in [4.69, 9.17) is 4.74 Å². The summed E-state index contributed by atoms with van der Waals surface area (Å²) in [5.74, 6) is -1.34. The second-order valence-corrected chi connectivity index (χ2v) is 4.29. The average Bonchev–Trinajstić information content (AvgIpc) is 2.53. The zero-order valence-electron chi connectivity index (χ0n) is 13.3. The van der Waals surface area contributed by atoms with Crippen molar-refractivity contribution < 1.29 is 28.6 Å². The summed E-state index contributed by atoms with van der Waals surface area (Å²) in [4.78, 5) is 34.3. The number of methoxy groups -OCH3 is 3. The molecule has 0 aliphatic carbocycles. The molecule has 1 aromatic rings. The number of amides is 1. The van der Waals surface area contributed by atoms with Crippen molar-refractivity contribution in [3.63, 3.8) is 0 Å². The van der Waals surface area contributed by atoms with Gasteiger partial charge in [0.15, 0.2) is 0 Å². The van der Waals surface area contributed by atoms with Gasteiger partial charge in [0.2, 0.25) is 5.91 Å². The van der Waals surface area contributed by atoms with Crippen LogP contribution in [0, 0.1) is 0 Å². The Hall–Kier alpha value is -3.03. The van der Waals surface area contributed by atoms with Crippen molar-refractivity contribution in [1.82, 2.24) is 0 Å². The molecule has 0 atom stereocenters. The van der Waals surface area contributed by atoms with Crippen LogP contribution in [0.25, 0.3) is 0 Å². The Balaban J connectivity index is 3.19. The smallest absolute Gasteiger partial charge is 0.354 e. The minimum Gasteiger partial charge on any atom is -0.495 e. The highest BCUT2D eigenvalue weighted by molar-refractivity contribution is 5.99. The quantitative estimate of drug-likeness (QED) is 0.601. The van der Waals surface area contributed by atoms with E-state index in [1.54, 1.807) is 18.2 Å². The van der Waals surface area contributed by atoms with Gasteiger partial charge in [-0.25, -0.2) is 9.59 Å². The van der Waals surface area contributed by atoms with Crippen LogP contribution in [0.3, 0.4) is 0 Å². The summed E-state index contributed by atoms with van der Waals surface area (Å²) in [6.45, 7) is 1.37. The lowest BCUT2D eigenvalue weighted by Gasteiger charge is -2.14. The number of hydrogen-bond acceptors (Lipinski definition) is 7. The molecule has 2 N–H and O–H groups in total. The van der Waals surface area contributed by atoms with Gasteiger partial charge in [0.25, 0.3) is 0 Å². The number of carbonyl (C=O) groups is 3. The second kappa shape index (κ2) is 8.42. The van der Waals surface area contributed by atoms with Crippen molar-refractivity contribution in [2.24, 2.45) is 0 Å². The van der Waals surface area contributed by atoms with Crippen LogP contribution in [0.2, 0.25) is 0 Å². The lowest BCUT2D eigenvalue weighted by Crippen LogP contribution is -2.16. The lowest BCUT2D eigenvalue weighted by molar-refractivity contribution is -0.138. The van der Waals surface area contributed by atoms with Gasteiger partial charge in [0.05, 0.1) is 33.1 Å². The maximum atomic E-state index is 11.8. The Labute approximate surface area is 133 Å².